The topological polar surface area (TPSA) is 58.0 Å². The Kier molecular flexibility index (Phi) is 4.54. The van der Waals surface area contributed by atoms with E-state index in [1.807, 2.05) is 19.2 Å². The lowest BCUT2D eigenvalue weighted by atomic mass is 10.1. The van der Waals surface area contributed by atoms with Crippen molar-refractivity contribution in [3.05, 3.63) is 41.3 Å². The van der Waals surface area contributed by atoms with Gasteiger partial charge in [-0.1, -0.05) is 19.1 Å². The summed E-state index contributed by atoms with van der Waals surface area (Å²) < 4.78 is 13.2. The quantitative estimate of drug-likeness (QED) is 0.742. The van der Waals surface area contributed by atoms with Gasteiger partial charge in [-0.25, -0.2) is 14.4 Å². The van der Waals surface area contributed by atoms with Crippen LogP contribution in [0.25, 0.3) is 21.3 Å². The van der Waals surface area contributed by atoms with Gasteiger partial charge >= 0.3 is 0 Å². The van der Waals surface area contributed by atoms with Gasteiger partial charge in [-0.05, 0) is 31.0 Å². The van der Waals surface area contributed by atoms with Crippen molar-refractivity contribution in [3.8, 4) is 11.1 Å². The second-order valence-corrected chi connectivity index (χ2v) is 6.25. The van der Waals surface area contributed by atoms with Gasteiger partial charge in [0, 0.05) is 10.9 Å². The fourth-order valence-electron chi connectivity index (χ4n) is 2.46. The van der Waals surface area contributed by atoms with Crippen molar-refractivity contribution in [2.45, 2.75) is 26.3 Å². The number of thiophene rings is 1. The smallest absolute Gasteiger partial charge is 0.139 e. The first-order valence-corrected chi connectivity index (χ1v) is 8.39. The molecular formula is C17H18FN3OS. The SMILES string of the molecule is CCC(CO)Nc1nc(C)nc2scc(-c3ccc(F)cc3)c12. The highest BCUT2D eigenvalue weighted by Gasteiger charge is 2.16. The zero-order valence-corrected chi connectivity index (χ0v) is 13.8. The number of anilines is 1. The van der Waals surface area contributed by atoms with Gasteiger partial charge in [0.15, 0.2) is 0 Å². The zero-order valence-electron chi connectivity index (χ0n) is 13.0. The summed E-state index contributed by atoms with van der Waals surface area (Å²) in [4.78, 5) is 9.88. The van der Waals surface area contributed by atoms with E-state index in [2.05, 4.69) is 15.3 Å². The minimum Gasteiger partial charge on any atom is -0.394 e. The number of hydrogen-bond donors (Lipinski definition) is 2. The largest absolute Gasteiger partial charge is 0.394 e. The molecule has 3 aromatic rings. The number of nitrogens with zero attached hydrogens (tertiary/aromatic N) is 2. The molecule has 1 unspecified atom stereocenters. The van der Waals surface area contributed by atoms with E-state index < -0.39 is 0 Å². The van der Waals surface area contributed by atoms with Crippen LogP contribution in [0.3, 0.4) is 0 Å². The molecule has 0 aliphatic heterocycles. The summed E-state index contributed by atoms with van der Waals surface area (Å²) in [5, 5.41) is 15.7. The Morgan fingerprint density at radius 1 is 1.26 bits per heavy atom. The first kappa shape index (κ1) is 15.8. The molecule has 23 heavy (non-hydrogen) atoms. The van der Waals surface area contributed by atoms with Crippen molar-refractivity contribution in [2.75, 3.05) is 11.9 Å². The van der Waals surface area contributed by atoms with Crippen LogP contribution in [0, 0.1) is 12.7 Å². The molecule has 2 aromatic heterocycles. The van der Waals surface area contributed by atoms with Crippen LogP contribution in [0.1, 0.15) is 19.2 Å². The lowest BCUT2D eigenvalue weighted by molar-refractivity contribution is 0.271. The molecule has 1 aromatic carbocycles. The number of aromatic nitrogens is 2. The maximum atomic E-state index is 13.2. The van der Waals surface area contributed by atoms with Crippen LogP contribution < -0.4 is 5.32 Å². The molecule has 0 aliphatic rings. The third kappa shape index (κ3) is 3.18. The molecule has 2 heterocycles. The number of rotatable bonds is 5. The van der Waals surface area contributed by atoms with Gasteiger partial charge < -0.3 is 10.4 Å². The fraction of sp³-hybridized carbons (Fsp3) is 0.294. The van der Waals surface area contributed by atoms with Gasteiger partial charge in [0.1, 0.15) is 22.3 Å². The van der Waals surface area contributed by atoms with Crippen molar-refractivity contribution < 1.29 is 9.50 Å². The minimum atomic E-state index is -0.259. The summed E-state index contributed by atoms with van der Waals surface area (Å²) in [5.41, 5.74) is 1.89. The van der Waals surface area contributed by atoms with Crippen molar-refractivity contribution in [3.63, 3.8) is 0 Å². The maximum Gasteiger partial charge on any atom is 0.139 e. The molecule has 0 saturated heterocycles. The van der Waals surface area contributed by atoms with E-state index in [-0.39, 0.29) is 18.5 Å². The van der Waals surface area contributed by atoms with Crippen molar-refractivity contribution in [1.82, 2.24) is 9.97 Å². The van der Waals surface area contributed by atoms with Crippen LogP contribution in [0.15, 0.2) is 29.6 Å². The number of aliphatic hydroxyl groups is 1. The van der Waals surface area contributed by atoms with Gasteiger partial charge in [-0.2, -0.15) is 0 Å². The Hall–Kier alpha value is -2.05. The van der Waals surface area contributed by atoms with Crippen LogP contribution in [0.2, 0.25) is 0 Å². The van der Waals surface area contributed by atoms with E-state index >= 15 is 0 Å². The molecule has 0 aliphatic carbocycles. The van der Waals surface area contributed by atoms with E-state index in [1.165, 1.54) is 23.5 Å². The Morgan fingerprint density at radius 3 is 2.65 bits per heavy atom. The molecule has 1 atom stereocenters. The van der Waals surface area contributed by atoms with Gasteiger partial charge in [0.2, 0.25) is 0 Å². The number of fused-ring (bicyclic) bond motifs is 1. The third-order valence-corrected chi connectivity index (χ3v) is 4.63. The predicted octanol–water partition coefficient (Wildman–Crippen LogP) is 3.99. The van der Waals surface area contributed by atoms with E-state index in [0.29, 0.717) is 11.6 Å². The number of halogens is 1. The summed E-state index contributed by atoms with van der Waals surface area (Å²) in [6, 6.07) is 6.34. The molecular weight excluding hydrogens is 313 g/mol. The first-order valence-electron chi connectivity index (χ1n) is 7.51. The normalized spacial score (nSPS) is 12.5. The Morgan fingerprint density at radius 2 is 2.00 bits per heavy atom. The van der Waals surface area contributed by atoms with E-state index in [9.17, 15) is 9.50 Å². The Labute approximate surface area is 138 Å². The number of hydrogen-bond acceptors (Lipinski definition) is 5. The second kappa shape index (κ2) is 6.60. The molecule has 4 nitrogen and oxygen atoms in total. The maximum absolute atomic E-state index is 13.2. The summed E-state index contributed by atoms with van der Waals surface area (Å²) in [5.74, 6) is 1.14. The van der Waals surface area contributed by atoms with E-state index in [4.69, 9.17) is 0 Å². The number of aryl methyl sites for hydroxylation is 1. The highest BCUT2D eigenvalue weighted by molar-refractivity contribution is 7.17. The molecule has 120 valence electrons. The number of nitrogens with one attached hydrogen (secondary N) is 1. The zero-order chi connectivity index (χ0) is 16.4. The highest BCUT2D eigenvalue weighted by atomic mass is 32.1. The van der Waals surface area contributed by atoms with Gasteiger partial charge in [0.05, 0.1) is 18.0 Å². The van der Waals surface area contributed by atoms with Crippen LogP contribution in [-0.2, 0) is 0 Å². The first-order chi connectivity index (χ1) is 11.1. The molecule has 0 amide bonds. The van der Waals surface area contributed by atoms with Crippen molar-refractivity contribution in [2.24, 2.45) is 0 Å². The minimum absolute atomic E-state index is 0.0388. The van der Waals surface area contributed by atoms with E-state index in [1.54, 1.807) is 12.1 Å². The summed E-state index contributed by atoms with van der Waals surface area (Å²) >= 11 is 1.54. The average molecular weight is 331 g/mol. The molecule has 0 radical (unpaired) electrons. The van der Waals surface area contributed by atoms with E-state index in [0.717, 1.165) is 27.8 Å². The van der Waals surface area contributed by atoms with Crippen LogP contribution in [0.5, 0.6) is 0 Å². The van der Waals surface area contributed by atoms with Crippen LogP contribution in [0.4, 0.5) is 10.2 Å². The monoisotopic (exact) mass is 331 g/mol. The summed E-state index contributed by atoms with van der Waals surface area (Å²) in [6.45, 7) is 3.90. The average Bonchev–Trinajstić information content (AvgIpc) is 2.97. The molecule has 0 spiro atoms. The van der Waals surface area contributed by atoms with Crippen LogP contribution in [-0.4, -0.2) is 27.7 Å². The fourth-order valence-corrected chi connectivity index (χ4v) is 3.46. The third-order valence-electron chi connectivity index (χ3n) is 3.75. The molecule has 0 fully saturated rings. The Bertz CT molecular complexity index is 813. The number of benzene rings is 1. The van der Waals surface area contributed by atoms with Gasteiger partial charge in [-0.3, -0.25) is 0 Å². The Balaban J connectivity index is 2.14. The number of aliphatic hydroxyl groups excluding tert-OH is 1. The predicted molar refractivity (Wildman–Crippen MR) is 92.3 cm³/mol. The molecule has 2 N–H and O–H groups in total. The van der Waals surface area contributed by atoms with Crippen molar-refractivity contribution in [1.29, 1.82) is 0 Å². The van der Waals surface area contributed by atoms with Crippen LogP contribution >= 0.6 is 11.3 Å². The molecule has 6 heteroatoms. The lowest BCUT2D eigenvalue weighted by Gasteiger charge is -2.16. The standard InChI is InChI=1S/C17H18FN3OS/c1-3-13(8-22)21-16-15-14(11-4-6-12(18)7-5-11)9-23-17(15)20-10(2)19-16/h4-7,9,13,22H,3,8H2,1-2H3,(H,19,20,21). The molecule has 0 saturated carbocycles. The highest BCUT2D eigenvalue weighted by Crippen LogP contribution is 2.37. The molecule has 3 rings (SSSR count). The van der Waals surface area contributed by atoms with Gasteiger partial charge in [0.25, 0.3) is 0 Å². The summed E-state index contributed by atoms with van der Waals surface area (Å²) in [7, 11) is 0. The molecule has 0 bridgehead atoms. The lowest BCUT2D eigenvalue weighted by Crippen LogP contribution is -2.23. The second-order valence-electron chi connectivity index (χ2n) is 5.39. The van der Waals surface area contributed by atoms with Gasteiger partial charge in [-0.15, -0.1) is 11.3 Å². The van der Waals surface area contributed by atoms with Crippen molar-refractivity contribution >= 4 is 27.4 Å². The summed E-state index contributed by atoms with van der Waals surface area (Å²) in [6.07, 6.45) is 0.789.